The van der Waals surface area contributed by atoms with Gasteiger partial charge in [0.1, 0.15) is 23.9 Å². The second-order valence-electron chi connectivity index (χ2n) is 8.05. The number of hydrogen-bond donors (Lipinski definition) is 8. The lowest BCUT2D eigenvalue weighted by Crippen LogP contribution is -2.56. The van der Waals surface area contributed by atoms with Crippen molar-refractivity contribution < 1.29 is 39.3 Å². The maximum absolute atomic E-state index is 12.6. The van der Waals surface area contributed by atoms with E-state index in [1.54, 1.807) is 12.1 Å². The molecule has 35 heavy (non-hydrogen) atoms. The molecule has 4 unspecified atom stereocenters. The van der Waals surface area contributed by atoms with Gasteiger partial charge in [0, 0.05) is 0 Å². The molecule has 13 heteroatoms. The second-order valence-corrected chi connectivity index (χ2v) is 8.05. The highest BCUT2D eigenvalue weighted by Crippen LogP contribution is 2.11. The van der Waals surface area contributed by atoms with Crippen LogP contribution < -0.4 is 27.4 Å². The number of nitrogens with one attached hydrogen (secondary N) is 3. The monoisotopic (exact) mass is 495 g/mol. The molecule has 0 bridgehead atoms. The number of carboxylic acid groups (broad SMARTS) is 2. The van der Waals surface area contributed by atoms with Gasteiger partial charge in [0.15, 0.2) is 0 Å². The van der Waals surface area contributed by atoms with Crippen molar-refractivity contribution in [2.24, 2.45) is 11.5 Å². The highest BCUT2D eigenvalue weighted by molar-refractivity contribution is 5.94. The molecule has 0 aliphatic heterocycles. The molecule has 194 valence electrons. The van der Waals surface area contributed by atoms with E-state index in [9.17, 15) is 29.1 Å². The van der Waals surface area contributed by atoms with Crippen molar-refractivity contribution in [3.05, 3.63) is 29.8 Å². The van der Waals surface area contributed by atoms with Crippen LogP contribution in [0.3, 0.4) is 0 Å². The number of carbonyl (C=O) groups is 5. The molecule has 0 radical (unpaired) electrons. The van der Waals surface area contributed by atoms with E-state index in [0.29, 0.717) is 24.9 Å². The van der Waals surface area contributed by atoms with E-state index in [1.165, 1.54) is 19.1 Å². The Morgan fingerprint density at radius 3 is 2.03 bits per heavy atom. The van der Waals surface area contributed by atoms with E-state index in [1.807, 2.05) is 0 Å². The summed E-state index contributed by atoms with van der Waals surface area (Å²) in [5.41, 5.74) is 12.1. The molecule has 10 N–H and O–H groups in total. The number of amides is 3. The van der Waals surface area contributed by atoms with Gasteiger partial charge in [0.25, 0.3) is 0 Å². The minimum absolute atomic E-state index is 0.0692. The fourth-order valence-corrected chi connectivity index (χ4v) is 3.07. The minimum atomic E-state index is -1.68. The number of unbranched alkanes of at least 4 members (excludes halogenated alkanes) is 1. The maximum atomic E-state index is 12.6. The number of aromatic hydroxyl groups is 1. The zero-order chi connectivity index (χ0) is 26.5. The van der Waals surface area contributed by atoms with E-state index in [0.717, 1.165) is 0 Å². The van der Waals surface area contributed by atoms with Gasteiger partial charge in [-0.15, -0.1) is 0 Å². The quantitative estimate of drug-likeness (QED) is 0.130. The summed E-state index contributed by atoms with van der Waals surface area (Å²) in [5.74, 6) is -5.07. The lowest BCUT2D eigenvalue weighted by Gasteiger charge is -2.23. The van der Waals surface area contributed by atoms with Crippen molar-refractivity contribution >= 4 is 29.7 Å². The number of aliphatic carboxylic acids is 2. The molecule has 0 saturated carbocycles. The molecule has 3 amide bonds. The highest BCUT2D eigenvalue weighted by Gasteiger charge is 2.29. The van der Waals surface area contributed by atoms with Gasteiger partial charge in [0.2, 0.25) is 17.7 Å². The molecule has 1 rings (SSSR count). The third kappa shape index (κ3) is 10.8. The number of carboxylic acids is 2. The molecular formula is C22H33N5O8. The SMILES string of the molecule is CC(NC(=O)C(N)Cc1ccc(O)cc1)C(=O)NC(CCCCN)C(=O)NC(CC(=O)O)C(=O)O. The second kappa shape index (κ2) is 14.5. The molecule has 13 nitrogen and oxygen atoms in total. The summed E-state index contributed by atoms with van der Waals surface area (Å²) in [5, 5.41) is 34.4. The Morgan fingerprint density at radius 1 is 0.886 bits per heavy atom. The van der Waals surface area contributed by atoms with Crippen molar-refractivity contribution in [1.82, 2.24) is 16.0 Å². The largest absolute Gasteiger partial charge is 0.508 e. The number of carbonyl (C=O) groups excluding carboxylic acids is 3. The average molecular weight is 496 g/mol. The van der Waals surface area contributed by atoms with Crippen molar-refractivity contribution in [2.45, 2.75) is 63.2 Å². The summed E-state index contributed by atoms with van der Waals surface area (Å²) < 4.78 is 0. The van der Waals surface area contributed by atoms with E-state index < -0.39 is 60.2 Å². The third-order valence-corrected chi connectivity index (χ3v) is 5.05. The third-order valence-electron chi connectivity index (χ3n) is 5.05. The first-order valence-corrected chi connectivity index (χ1v) is 11.0. The molecule has 1 aromatic carbocycles. The van der Waals surface area contributed by atoms with Crippen molar-refractivity contribution in [2.75, 3.05) is 6.54 Å². The van der Waals surface area contributed by atoms with Crippen LogP contribution in [0.4, 0.5) is 0 Å². The lowest BCUT2D eigenvalue weighted by atomic mass is 10.1. The van der Waals surface area contributed by atoms with Crippen LogP contribution in [-0.2, 0) is 30.4 Å². The number of phenolic OH excluding ortho intramolecular Hbond substituents is 1. The first-order valence-electron chi connectivity index (χ1n) is 11.0. The molecule has 0 heterocycles. The van der Waals surface area contributed by atoms with Crippen LogP contribution in [0.25, 0.3) is 0 Å². The van der Waals surface area contributed by atoms with Crippen LogP contribution >= 0.6 is 0 Å². The molecule has 0 aliphatic rings. The van der Waals surface area contributed by atoms with Gasteiger partial charge in [-0.05, 0) is 56.8 Å². The number of rotatable bonds is 15. The van der Waals surface area contributed by atoms with Gasteiger partial charge < -0.3 is 42.7 Å². The predicted octanol–water partition coefficient (Wildman–Crippen LogP) is -1.58. The van der Waals surface area contributed by atoms with Crippen molar-refractivity contribution in [1.29, 1.82) is 0 Å². The minimum Gasteiger partial charge on any atom is -0.508 e. The van der Waals surface area contributed by atoms with Crippen LogP contribution in [0.2, 0.25) is 0 Å². The molecule has 0 aliphatic carbocycles. The Labute approximate surface area is 202 Å². The average Bonchev–Trinajstić information content (AvgIpc) is 2.78. The number of hydrogen-bond acceptors (Lipinski definition) is 8. The first kappa shape index (κ1) is 29.3. The van der Waals surface area contributed by atoms with Gasteiger partial charge in [0.05, 0.1) is 12.5 Å². The summed E-state index contributed by atoms with van der Waals surface area (Å²) in [6.07, 6.45) is 0.412. The van der Waals surface area contributed by atoms with Gasteiger partial charge in [-0.2, -0.15) is 0 Å². The fraction of sp³-hybridized carbons (Fsp3) is 0.500. The number of phenols is 1. The Morgan fingerprint density at radius 2 is 1.49 bits per heavy atom. The topological polar surface area (TPSA) is 234 Å². The Hall–Kier alpha value is -3.71. The van der Waals surface area contributed by atoms with Crippen LogP contribution in [0.15, 0.2) is 24.3 Å². The zero-order valence-corrected chi connectivity index (χ0v) is 19.4. The van der Waals surface area contributed by atoms with Gasteiger partial charge >= 0.3 is 11.9 Å². The Kier molecular flexibility index (Phi) is 12.2. The van der Waals surface area contributed by atoms with E-state index in [4.69, 9.17) is 21.7 Å². The van der Waals surface area contributed by atoms with Crippen LogP contribution in [0.1, 0.15) is 38.2 Å². The van der Waals surface area contributed by atoms with Crippen molar-refractivity contribution in [3.8, 4) is 5.75 Å². The van der Waals surface area contributed by atoms with Crippen molar-refractivity contribution in [3.63, 3.8) is 0 Å². The number of nitrogens with two attached hydrogens (primary N) is 2. The van der Waals surface area contributed by atoms with E-state index >= 15 is 0 Å². The van der Waals surface area contributed by atoms with E-state index in [2.05, 4.69) is 16.0 Å². The summed E-state index contributed by atoms with van der Waals surface area (Å²) in [6.45, 7) is 1.73. The molecule has 4 atom stereocenters. The molecule has 0 fully saturated rings. The molecule has 0 spiro atoms. The summed E-state index contributed by atoms with van der Waals surface area (Å²) >= 11 is 0. The number of benzene rings is 1. The standard InChI is InChI=1S/C22H33N5O8/c1-12(25-20(32)15(24)10-13-5-7-14(28)8-6-13)19(31)26-16(4-2-3-9-23)21(33)27-17(22(34)35)11-18(29)30/h5-8,12,15-17,28H,2-4,9-11,23-24H2,1H3,(H,25,32)(H,26,31)(H,27,33)(H,29,30)(H,34,35). The summed E-state index contributed by atoms with van der Waals surface area (Å²) in [6, 6.07) is 1.22. The molecule has 0 aromatic heterocycles. The predicted molar refractivity (Wildman–Crippen MR) is 124 cm³/mol. The fourth-order valence-electron chi connectivity index (χ4n) is 3.07. The highest BCUT2D eigenvalue weighted by atomic mass is 16.4. The van der Waals surface area contributed by atoms with Crippen LogP contribution in [0.5, 0.6) is 5.75 Å². The smallest absolute Gasteiger partial charge is 0.326 e. The van der Waals surface area contributed by atoms with Crippen LogP contribution in [-0.4, -0.2) is 75.7 Å². The molecule has 1 aromatic rings. The first-order chi connectivity index (χ1) is 16.4. The van der Waals surface area contributed by atoms with Gasteiger partial charge in [-0.3, -0.25) is 19.2 Å². The molecular weight excluding hydrogens is 462 g/mol. The molecule has 0 saturated heterocycles. The summed E-state index contributed by atoms with van der Waals surface area (Å²) in [7, 11) is 0. The normalized spacial score (nSPS) is 14.1. The zero-order valence-electron chi connectivity index (χ0n) is 19.4. The lowest BCUT2D eigenvalue weighted by molar-refractivity contribution is -0.147. The Balaban J connectivity index is 2.76. The van der Waals surface area contributed by atoms with E-state index in [-0.39, 0.29) is 18.6 Å². The maximum Gasteiger partial charge on any atom is 0.326 e. The van der Waals surface area contributed by atoms with Crippen LogP contribution in [0, 0.1) is 0 Å². The summed E-state index contributed by atoms with van der Waals surface area (Å²) in [4.78, 5) is 59.8. The Bertz CT molecular complexity index is 892. The van der Waals surface area contributed by atoms with Gasteiger partial charge in [-0.25, -0.2) is 4.79 Å². The van der Waals surface area contributed by atoms with Gasteiger partial charge in [-0.1, -0.05) is 12.1 Å².